The zero-order chi connectivity index (χ0) is 3.54. The minimum absolute atomic E-state index is 1.04. The van der Waals surface area contributed by atoms with Gasteiger partial charge in [-0.3, -0.25) is 4.86 Å². The van der Waals surface area contributed by atoms with E-state index in [0.29, 0.717) is 0 Å². The number of hydrogen-bond acceptors (Lipinski definition) is 1. The third kappa shape index (κ3) is 0.455. The van der Waals surface area contributed by atoms with Crippen LogP contribution in [-0.2, 0) is 0 Å². The van der Waals surface area contributed by atoms with Crippen LogP contribution in [0.2, 0.25) is 0 Å². The van der Waals surface area contributed by atoms with Gasteiger partial charge in [-0.1, -0.05) is 0 Å². The molecule has 0 amide bonds. The number of H-pyrrole nitrogens is 1. The molecule has 0 saturated carbocycles. The Labute approximate surface area is 31.4 Å². The maximum atomic E-state index is 3.52. The zero-order valence-corrected chi connectivity index (χ0v) is 3.37. The van der Waals surface area contributed by atoms with Gasteiger partial charge in [-0.05, 0) is 0 Å². The molecule has 0 unspecified atom stereocenters. The topological polar surface area (TPSA) is 28.7 Å². The molecular weight excluding hydrogens is 83.0 g/mol. The van der Waals surface area contributed by atoms with E-state index in [2.05, 4.69) is 16.2 Å². The Kier molecular flexibility index (Phi) is 0.673. The Morgan fingerprint density at radius 3 is 3.20 bits per heavy atom. The molecule has 0 spiro atoms. The fourth-order valence-corrected chi connectivity index (χ4v) is 0.433. The van der Waals surface area contributed by atoms with Gasteiger partial charge in [0.2, 0.25) is 0 Å². The van der Waals surface area contributed by atoms with Gasteiger partial charge in [0, 0.05) is 14.1 Å². The molecule has 0 aliphatic heterocycles. The van der Waals surface area contributed by atoms with Crippen molar-refractivity contribution in [3.05, 3.63) is 12.0 Å². The Hall–Kier alpha value is -0.360. The van der Waals surface area contributed by atoms with Crippen molar-refractivity contribution in [3.8, 4) is 0 Å². The van der Waals surface area contributed by atoms with Gasteiger partial charge in [0.05, 0.1) is 0 Å². The second-order valence-electron chi connectivity index (χ2n) is 0.599. The van der Waals surface area contributed by atoms with Gasteiger partial charge >= 0.3 is 0 Å². The van der Waals surface area contributed by atoms with Crippen molar-refractivity contribution >= 4 is 8.35 Å². The molecule has 3 heteroatoms. The van der Waals surface area contributed by atoms with Gasteiger partial charge in [-0.15, -0.1) is 0 Å². The van der Waals surface area contributed by atoms with Crippen LogP contribution in [0.1, 0.15) is 0 Å². The van der Waals surface area contributed by atoms with Crippen LogP contribution in [0, 0.1) is 6.20 Å². The largest absolute Gasteiger partial charge is 0.259 e. The molecule has 0 aliphatic carbocycles. The second kappa shape index (κ2) is 1.18. The normalized spacial score (nSPS) is 9.60. The SMILES string of the molecule is [c]1cp[nH]n1. The number of nitrogens with one attached hydrogen (secondary N) is 1. The lowest BCUT2D eigenvalue weighted by atomic mass is 11.1. The van der Waals surface area contributed by atoms with Gasteiger partial charge in [-0.25, -0.2) is 0 Å². The highest BCUT2D eigenvalue weighted by molar-refractivity contribution is 7.24. The summed E-state index contributed by atoms with van der Waals surface area (Å²) in [5.41, 5.74) is 0. The van der Waals surface area contributed by atoms with Crippen molar-refractivity contribution in [1.29, 1.82) is 0 Å². The van der Waals surface area contributed by atoms with E-state index < -0.39 is 0 Å². The number of nitrogens with zero attached hydrogens (tertiary/aromatic N) is 1. The average Bonchev–Trinajstić information content (AvgIpc) is 1.76. The van der Waals surface area contributed by atoms with E-state index in [1.807, 2.05) is 0 Å². The van der Waals surface area contributed by atoms with Crippen molar-refractivity contribution in [3.63, 3.8) is 0 Å². The Balaban J connectivity index is 3.13. The van der Waals surface area contributed by atoms with E-state index in [1.165, 1.54) is 0 Å². The van der Waals surface area contributed by atoms with E-state index >= 15 is 0 Å². The van der Waals surface area contributed by atoms with Crippen molar-refractivity contribution < 1.29 is 0 Å². The molecule has 0 bridgehead atoms. The average molecular weight is 85.0 g/mol. The predicted octanol–water partition coefficient (Wildman–Crippen LogP) is 0.790. The van der Waals surface area contributed by atoms with Crippen LogP contribution >= 0.6 is 8.35 Å². The molecule has 25 valence electrons. The summed E-state index contributed by atoms with van der Waals surface area (Å²) < 4.78 is 0. The van der Waals surface area contributed by atoms with Crippen molar-refractivity contribution in [2.75, 3.05) is 0 Å². The summed E-state index contributed by atoms with van der Waals surface area (Å²) in [5.74, 6) is 1.81. The number of aromatic amines is 1. The van der Waals surface area contributed by atoms with Gasteiger partial charge in [-0.2, -0.15) is 5.10 Å². The predicted molar refractivity (Wildman–Crippen MR) is 19.9 cm³/mol. The highest BCUT2D eigenvalue weighted by Gasteiger charge is 1.60. The first kappa shape index (κ1) is 2.86. The molecule has 1 aromatic heterocycles. The molecule has 0 aromatic carbocycles. The fourth-order valence-electron chi connectivity index (χ4n) is 0.144. The molecule has 0 saturated heterocycles. The summed E-state index contributed by atoms with van der Waals surface area (Å²) in [7, 11) is 1.04. The third-order valence-electron chi connectivity index (χ3n) is 0.295. The molecule has 2 nitrogen and oxygen atoms in total. The van der Waals surface area contributed by atoms with Crippen molar-refractivity contribution in [2.24, 2.45) is 0 Å². The minimum Gasteiger partial charge on any atom is -0.259 e. The first-order valence-electron chi connectivity index (χ1n) is 1.22. The smallest absolute Gasteiger partial charge is 0.118 e. The van der Waals surface area contributed by atoms with Gasteiger partial charge < -0.3 is 0 Å². The van der Waals surface area contributed by atoms with E-state index in [1.54, 1.807) is 5.80 Å². The quantitative estimate of drug-likeness (QED) is 0.495. The Morgan fingerprint density at radius 2 is 3.00 bits per heavy atom. The zero-order valence-electron chi connectivity index (χ0n) is 2.47. The molecule has 0 atom stereocenters. The monoisotopic (exact) mass is 85.0 g/mol. The summed E-state index contributed by atoms with van der Waals surface area (Å²) in [6.45, 7) is 0. The molecule has 0 fully saturated rings. The first-order valence-corrected chi connectivity index (χ1v) is 2.18. The Bertz CT molecular complexity index is 64.1. The van der Waals surface area contributed by atoms with Crippen LogP contribution in [0.5, 0.6) is 0 Å². The van der Waals surface area contributed by atoms with E-state index in [9.17, 15) is 0 Å². The summed E-state index contributed by atoms with van der Waals surface area (Å²) in [5, 5.41) is 3.52. The van der Waals surface area contributed by atoms with Crippen LogP contribution in [0.3, 0.4) is 0 Å². The molecule has 1 aromatic rings. The molecule has 1 rings (SSSR count). The van der Waals surface area contributed by atoms with Crippen LogP contribution in [0.25, 0.3) is 0 Å². The van der Waals surface area contributed by atoms with Gasteiger partial charge in [0.1, 0.15) is 6.20 Å². The second-order valence-corrected chi connectivity index (χ2v) is 1.32. The van der Waals surface area contributed by atoms with Crippen LogP contribution < -0.4 is 0 Å². The molecule has 1 N–H and O–H groups in total. The van der Waals surface area contributed by atoms with E-state index in [-0.39, 0.29) is 0 Å². The minimum atomic E-state index is 1.04. The van der Waals surface area contributed by atoms with Gasteiger partial charge in [0.25, 0.3) is 0 Å². The standard InChI is InChI=1S/C2H2N2P/c1-2-5-4-3-1/h2H,(H,3,4). The number of hydrogen-bond donors (Lipinski definition) is 1. The lowest BCUT2D eigenvalue weighted by Gasteiger charge is -1.47. The highest BCUT2D eigenvalue weighted by Crippen LogP contribution is 1.87. The summed E-state index contributed by atoms with van der Waals surface area (Å²) in [4.78, 5) is 2.65. The van der Waals surface area contributed by atoms with Gasteiger partial charge in [0.15, 0.2) is 0 Å². The first-order chi connectivity index (χ1) is 2.50. The lowest BCUT2D eigenvalue weighted by Crippen LogP contribution is -1.51. The summed E-state index contributed by atoms with van der Waals surface area (Å²) >= 11 is 0. The Morgan fingerprint density at radius 1 is 2.00 bits per heavy atom. The van der Waals surface area contributed by atoms with Crippen LogP contribution in [0.4, 0.5) is 0 Å². The maximum Gasteiger partial charge on any atom is 0.118 e. The molecule has 1 radical (unpaired) electrons. The van der Waals surface area contributed by atoms with E-state index in [4.69, 9.17) is 0 Å². The third-order valence-corrected chi connectivity index (χ3v) is 0.755. The lowest BCUT2D eigenvalue weighted by molar-refractivity contribution is 1.15. The maximum absolute atomic E-state index is 3.52. The highest BCUT2D eigenvalue weighted by atomic mass is 31.0. The number of rotatable bonds is 0. The molecular formula is C2H2N2P. The number of aromatic nitrogens is 2. The van der Waals surface area contributed by atoms with Crippen LogP contribution in [0.15, 0.2) is 5.80 Å². The molecule has 5 heavy (non-hydrogen) atoms. The summed E-state index contributed by atoms with van der Waals surface area (Å²) in [6.07, 6.45) is 2.60. The molecule has 1 heterocycles. The summed E-state index contributed by atoms with van der Waals surface area (Å²) in [6, 6.07) is 0. The molecule has 0 aliphatic rings. The van der Waals surface area contributed by atoms with E-state index in [0.717, 1.165) is 8.35 Å². The van der Waals surface area contributed by atoms with Crippen molar-refractivity contribution in [2.45, 2.75) is 0 Å². The van der Waals surface area contributed by atoms with Crippen molar-refractivity contribution in [1.82, 2.24) is 9.96 Å². The van der Waals surface area contributed by atoms with Crippen LogP contribution in [-0.4, -0.2) is 9.96 Å². The fraction of sp³-hybridized carbons (Fsp3) is 0.